The van der Waals surface area contributed by atoms with Crippen LogP contribution in [0.25, 0.3) is 0 Å². The van der Waals surface area contributed by atoms with E-state index in [0.717, 1.165) is 24.3 Å². The number of Topliss-reactive ketones (excluding diaryl/α,β-unsaturated/α-hetero) is 1. The van der Waals surface area contributed by atoms with Crippen molar-refractivity contribution in [1.29, 1.82) is 0 Å². The second-order valence-corrected chi connectivity index (χ2v) is 4.96. The van der Waals surface area contributed by atoms with Gasteiger partial charge in [0, 0.05) is 24.3 Å². The Labute approximate surface area is 109 Å². The summed E-state index contributed by atoms with van der Waals surface area (Å²) in [6.07, 6.45) is 4.07. The van der Waals surface area contributed by atoms with E-state index in [1.165, 1.54) is 32.4 Å². The van der Waals surface area contributed by atoms with Crippen LogP contribution < -0.4 is 5.32 Å². The second kappa shape index (κ2) is 6.55. The molecule has 1 aromatic carbocycles. The minimum atomic E-state index is 0.120. The molecule has 1 fully saturated rings. The number of piperidine rings is 1. The third kappa shape index (κ3) is 3.84. The van der Waals surface area contributed by atoms with Crippen molar-refractivity contribution >= 4 is 11.5 Å². The predicted molar refractivity (Wildman–Crippen MR) is 75.2 cm³/mol. The van der Waals surface area contributed by atoms with Crippen molar-refractivity contribution in [2.45, 2.75) is 26.2 Å². The Bertz CT molecular complexity index is 380. The van der Waals surface area contributed by atoms with Crippen molar-refractivity contribution in [1.82, 2.24) is 4.90 Å². The highest BCUT2D eigenvalue weighted by Crippen LogP contribution is 2.11. The van der Waals surface area contributed by atoms with Crippen LogP contribution in [-0.2, 0) is 0 Å². The number of benzene rings is 1. The van der Waals surface area contributed by atoms with Gasteiger partial charge in [-0.05, 0) is 57.1 Å². The molecule has 0 amide bonds. The summed E-state index contributed by atoms with van der Waals surface area (Å²) in [6.45, 7) is 6.16. The molecule has 1 heterocycles. The van der Waals surface area contributed by atoms with Crippen molar-refractivity contribution < 1.29 is 4.79 Å². The Morgan fingerprint density at radius 1 is 1.17 bits per heavy atom. The Balaban J connectivity index is 1.74. The fourth-order valence-electron chi connectivity index (χ4n) is 2.36. The molecule has 3 heteroatoms. The number of nitrogens with zero attached hydrogens (tertiary/aromatic N) is 1. The van der Waals surface area contributed by atoms with E-state index in [-0.39, 0.29) is 5.78 Å². The summed E-state index contributed by atoms with van der Waals surface area (Å²) in [7, 11) is 0. The first-order valence-corrected chi connectivity index (χ1v) is 6.83. The molecule has 18 heavy (non-hydrogen) atoms. The van der Waals surface area contributed by atoms with Gasteiger partial charge in [-0.15, -0.1) is 0 Å². The van der Waals surface area contributed by atoms with E-state index in [1.54, 1.807) is 6.92 Å². The monoisotopic (exact) mass is 246 g/mol. The van der Waals surface area contributed by atoms with Crippen LogP contribution in [0.1, 0.15) is 36.5 Å². The lowest BCUT2D eigenvalue weighted by Gasteiger charge is -2.26. The SMILES string of the molecule is CC(=O)c1ccc(NCCN2CCCCC2)cc1. The molecule has 0 radical (unpaired) electrons. The van der Waals surface area contributed by atoms with Crippen molar-refractivity contribution in [3.63, 3.8) is 0 Å². The molecule has 98 valence electrons. The van der Waals surface area contributed by atoms with Crippen LogP contribution >= 0.6 is 0 Å². The van der Waals surface area contributed by atoms with E-state index in [4.69, 9.17) is 0 Å². The summed E-state index contributed by atoms with van der Waals surface area (Å²) in [4.78, 5) is 13.7. The number of carbonyl (C=O) groups excluding carboxylic acids is 1. The highest BCUT2D eigenvalue weighted by atomic mass is 16.1. The maximum Gasteiger partial charge on any atom is 0.159 e. The molecule has 1 aliphatic rings. The van der Waals surface area contributed by atoms with Crippen molar-refractivity contribution in [2.75, 3.05) is 31.5 Å². The van der Waals surface area contributed by atoms with E-state index < -0.39 is 0 Å². The summed E-state index contributed by atoms with van der Waals surface area (Å²) >= 11 is 0. The van der Waals surface area contributed by atoms with Crippen LogP contribution in [0.3, 0.4) is 0 Å². The zero-order valence-electron chi connectivity index (χ0n) is 11.1. The number of hydrogen-bond acceptors (Lipinski definition) is 3. The zero-order chi connectivity index (χ0) is 12.8. The Morgan fingerprint density at radius 2 is 1.83 bits per heavy atom. The number of nitrogens with one attached hydrogen (secondary N) is 1. The smallest absolute Gasteiger partial charge is 0.159 e. The van der Waals surface area contributed by atoms with E-state index in [1.807, 2.05) is 24.3 Å². The third-order valence-electron chi connectivity index (χ3n) is 3.50. The molecule has 0 atom stereocenters. The third-order valence-corrected chi connectivity index (χ3v) is 3.50. The summed E-state index contributed by atoms with van der Waals surface area (Å²) in [5.74, 6) is 0.120. The molecular weight excluding hydrogens is 224 g/mol. The average Bonchev–Trinajstić information content (AvgIpc) is 2.40. The van der Waals surface area contributed by atoms with Gasteiger partial charge in [-0.1, -0.05) is 6.42 Å². The average molecular weight is 246 g/mol. The normalized spacial score (nSPS) is 16.5. The molecule has 0 bridgehead atoms. The standard InChI is InChI=1S/C15H22N2O/c1-13(18)14-5-7-15(8-6-14)16-9-12-17-10-3-2-4-11-17/h5-8,16H,2-4,9-12H2,1H3. The van der Waals surface area contributed by atoms with Crippen LogP contribution in [0.5, 0.6) is 0 Å². The molecule has 0 aliphatic carbocycles. The Morgan fingerprint density at radius 3 is 2.44 bits per heavy atom. The van der Waals surface area contributed by atoms with Gasteiger partial charge in [0.25, 0.3) is 0 Å². The van der Waals surface area contributed by atoms with Crippen molar-refractivity contribution in [3.05, 3.63) is 29.8 Å². The lowest BCUT2D eigenvalue weighted by Crippen LogP contribution is -2.33. The van der Waals surface area contributed by atoms with E-state index in [0.29, 0.717) is 0 Å². The molecule has 0 unspecified atom stereocenters. The molecule has 1 aliphatic heterocycles. The first-order chi connectivity index (χ1) is 8.75. The highest BCUT2D eigenvalue weighted by molar-refractivity contribution is 5.94. The van der Waals surface area contributed by atoms with Gasteiger partial charge in [-0.3, -0.25) is 4.79 Å². The molecule has 3 nitrogen and oxygen atoms in total. The maximum absolute atomic E-state index is 11.2. The van der Waals surface area contributed by atoms with Gasteiger partial charge >= 0.3 is 0 Å². The minimum Gasteiger partial charge on any atom is -0.384 e. The van der Waals surface area contributed by atoms with Gasteiger partial charge < -0.3 is 10.2 Å². The number of likely N-dealkylation sites (tertiary alicyclic amines) is 1. The van der Waals surface area contributed by atoms with E-state index >= 15 is 0 Å². The first-order valence-electron chi connectivity index (χ1n) is 6.83. The summed E-state index contributed by atoms with van der Waals surface area (Å²) in [5.41, 5.74) is 1.87. The second-order valence-electron chi connectivity index (χ2n) is 4.96. The van der Waals surface area contributed by atoms with Gasteiger partial charge in [0.2, 0.25) is 0 Å². The van der Waals surface area contributed by atoms with E-state index in [9.17, 15) is 4.79 Å². The largest absolute Gasteiger partial charge is 0.384 e. The number of hydrogen-bond donors (Lipinski definition) is 1. The van der Waals surface area contributed by atoms with E-state index in [2.05, 4.69) is 10.2 Å². The quantitative estimate of drug-likeness (QED) is 0.811. The molecule has 0 saturated carbocycles. The number of ketones is 1. The molecule has 2 rings (SSSR count). The van der Waals surface area contributed by atoms with Gasteiger partial charge in [0.1, 0.15) is 0 Å². The predicted octanol–water partition coefficient (Wildman–Crippen LogP) is 2.79. The summed E-state index contributed by atoms with van der Waals surface area (Å²) < 4.78 is 0. The lowest BCUT2D eigenvalue weighted by molar-refractivity contribution is 0.101. The fraction of sp³-hybridized carbons (Fsp3) is 0.533. The molecule has 1 saturated heterocycles. The number of anilines is 1. The topological polar surface area (TPSA) is 32.3 Å². The van der Waals surface area contributed by atoms with Crippen LogP contribution in [0.15, 0.2) is 24.3 Å². The fourth-order valence-corrected chi connectivity index (χ4v) is 2.36. The summed E-state index contributed by atoms with van der Waals surface area (Å²) in [5, 5.41) is 3.41. The van der Waals surface area contributed by atoms with Crippen LogP contribution in [-0.4, -0.2) is 36.9 Å². The molecular formula is C15H22N2O. The highest BCUT2D eigenvalue weighted by Gasteiger charge is 2.08. The number of carbonyl (C=O) groups is 1. The lowest BCUT2D eigenvalue weighted by atomic mass is 10.1. The van der Waals surface area contributed by atoms with Gasteiger partial charge in [0.05, 0.1) is 0 Å². The van der Waals surface area contributed by atoms with Crippen LogP contribution in [0.2, 0.25) is 0 Å². The van der Waals surface area contributed by atoms with Gasteiger partial charge in [-0.2, -0.15) is 0 Å². The summed E-state index contributed by atoms with van der Waals surface area (Å²) in [6, 6.07) is 7.72. The van der Waals surface area contributed by atoms with Gasteiger partial charge in [-0.25, -0.2) is 0 Å². The first kappa shape index (κ1) is 13.1. The van der Waals surface area contributed by atoms with Crippen LogP contribution in [0.4, 0.5) is 5.69 Å². The number of rotatable bonds is 5. The minimum absolute atomic E-state index is 0.120. The van der Waals surface area contributed by atoms with Gasteiger partial charge in [0.15, 0.2) is 5.78 Å². The Hall–Kier alpha value is -1.35. The Kier molecular flexibility index (Phi) is 4.76. The zero-order valence-corrected chi connectivity index (χ0v) is 11.1. The maximum atomic E-state index is 11.2. The molecule has 0 spiro atoms. The molecule has 0 aromatic heterocycles. The van der Waals surface area contributed by atoms with Crippen molar-refractivity contribution in [2.24, 2.45) is 0 Å². The molecule has 1 aromatic rings. The van der Waals surface area contributed by atoms with Crippen LogP contribution in [0, 0.1) is 0 Å². The molecule has 1 N–H and O–H groups in total. The van der Waals surface area contributed by atoms with Crippen molar-refractivity contribution in [3.8, 4) is 0 Å².